The van der Waals surface area contributed by atoms with E-state index in [2.05, 4.69) is 11.5 Å². The second-order valence-electron chi connectivity index (χ2n) is 4.84. The van der Waals surface area contributed by atoms with Crippen LogP contribution in [-0.2, 0) is 6.42 Å². The molecule has 2 aromatic rings. The topological polar surface area (TPSA) is 60.4 Å². The van der Waals surface area contributed by atoms with Gasteiger partial charge in [0.15, 0.2) is 0 Å². The Morgan fingerprint density at radius 3 is 2.95 bits per heavy atom. The van der Waals surface area contributed by atoms with Crippen molar-refractivity contribution in [1.82, 2.24) is 5.43 Å². The molecule has 1 aromatic carbocycles. The van der Waals surface area contributed by atoms with Crippen LogP contribution in [0.5, 0.6) is 5.75 Å². The van der Waals surface area contributed by atoms with Gasteiger partial charge in [0.1, 0.15) is 11.5 Å². The van der Waals surface area contributed by atoms with E-state index in [9.17, 15) is 0 Å². The molecule has 100 valence electrons. The van der Waals surface area contributed by atoms with Crippen LogP contribution in [0, 0.1) is 0 Å². The van der Waals surface area contributed by atoms with Crippen molar-refractivity contribution in [2.75, 3.05) is 6.61 Å². The summed E-state index contributed by atoms with van der Waals surface area (Å²) in [5, 5.41) is 0. The van der Waals surface area contributed by atoms with Gasteiger partial charge in [-0.1, -0.05) is 18.2 Å². The highest BCUT2D eigenvalue weighted by molar-refractivity contribution is 5.38. The molecule has 0 amide bonds. The monoisotopic (exact) mass is 258 g/mol. The summed E-state index contributed by atoms with van der Waals surface area (Å²) in [5.74, 6) is 8.01. The maximum atomic E-state index is 5.74. The SMILES string of the molecule is NNC(Cc1ccco1)C1CCOc2ccccc21. The molecule has 0 fully saturated rings. The van der Waals surface area contributed by atoms with E-state index in [-0.39, 0.29) is 6.04 Å². The number of hydrazine groups is 1. The lowest BCUT2D eigenvalue weighted by molar-refractivity contribution is 0.242. The minimum atomic E-state index is 0.149. The van der Waals surface area contributed by atoms with Gasteiger partial charge in [0.05, 0.1) is 12.9 Å². The quantitative estimate of drug-likeness (QED) is 0.652. The van der Waals surface area contributed by atoms with Gasteiger partial charge < -0.3 is 9.15 Å². The first-order valence-electron chi connectivity index (χ1n) is 6.58. The molecule has 2 atom stereocenters. The lowest BCUT2D eigenvalue weighted by atomic mass is 9.85. The normalized spacial score (nSPS) is 19.5. The lowest BCUT2D eigenvalue weighted by Gasteiger charge is -2.31. The molecule has 1 aromatic heterocycles. The molecule has 0 bridgehead atoms. The first-order chi connectivity index (χ1) is 9.38. The molecule has 0 spiro atoms. The number of nitrogens with two attached hydrogens (primary N) is 1. The summed E-state index contributed by atoms with van der Waals surface area (Å²) in [5.41, 5.74) is 4.16. The fourth-order valence-corrected chi connectivity index (χ4v) is 2.75. The molecule has 4 nitrogen and oxygen atoms in total. The zero-order valence-corrected chi connectivity index (χ0v) is 10.7. The predicted octanol–water partition coefficient (Wildman–Crippen LogP) is 2.22. The van der Waals surface area contributed by atoms with Crippen molar-refractivity contribution in [1.29, 1.82) is 0 Å². The van der Waals surface area contributed by atoms with Crippen LogP contribution < -0.4 is 16.0 Å². The maximum Gasteiger partial charge on any atom is 0.122 e. The van der Waals surface area contributed by atoms with Gasteiger partial charge in [-0.3, -0.25) is 11.3 Å². The predicted molar refractivity (Wildman–Crippen MR) is 72.8 cm³/mol. The fourth-order valence-electron chi connectivity index (χ4n) is 2.75. The lowest BCUT2D eigenvalue weighted by Crippen LogP contribution is -2.42. The Hall–Kier alpha value is -1.78. The van der Waals surface area contributed by atoms with Gasteiger partial charge >= 0.3 is 0 Å². The molecule has 3 N–H and O–H groups in total. The third-order valence-electron chi connectivity index (χ3n) is 3.71. The van der Waals surface area contributed by atoms with E-state index in [1.54, 1.807) is 6.26 Å². The zero-order valence-electron chi connectivity index (χ0n) is 10.7. The molecule has 4 heteroatoms. The van der Waals surface area contributed by atoms with E-state index in [0.29, 0.717) is 5.92 Å². The molecule has 3 rings (SSSR count). The van der Waals surface area contributed by atoms with Gasteiger partial charge in [-0.15, -0.1) is 0 Å². The second-order valence-corrected chi connectivity index (χ2v) is 4.84. The number of rotatable bonds is 4. The minimum Gasteiger partial charge on any atom is -0.493 e. The molecule has 0 aliphatic carbocycles. The molecule has 2 heterocycles. The molecule has 19 heavy (non-hydrogen) atoms. The number of hydrogen-bond acceptors (Lipinski definition) is 4. The number of benzene rings is 1. The van der Waals surface area contributed by atoms with E-state index in [1.807, 2.05) is 30.3 Å². The standard InChI is InChI=1S/C15H18N2O2/c16-17-14(10-11-4-3-8-18-11)12-7-9-19-15-6-2-1-5-13(12)15/h1-6,8,12,14,17H,7,9-10,16H2. The van der Waals surface area contributed by atoms with Crippen molar-refractivity contribution in [3.8, 4) is 5.75 Å². The van der Waals surface area contributed by atoms with Crippen LogP contribution in [0.25, 0.3) is 0 Å². The maximum absolute atomic E-state index is 5.74. The van der Waals surface area contributed by atoms with E-state index < -0.39 is 0 Å². The number of furan rings is 1. The third kappa shape index (κ3) is 2.50. The van der Waals surface area contributed by atoms with E-state index in [0.717, 1.165) is 31.0 Å². The van der Waals surface area contributed by atoms with Crippen LogP contribution in [0.2, 0.25) is 0 Å². The fraction of sp³-hybridized carbons (Fsp3) is 0.333. The van der Waals surface area contributed by atoms with Crippen LogP contribution in [0.1, 0.15) is 23.7 Å². The van der Waals surface area contributed by atoms with Gasteiger partial charge in [-0.05, 0) is 30.2 Å². The van der Waals surface area contributed by atoms with Crippen LogP contribution in [0.15, 0.2) is 47.1 Å². The largest absolute Gasteiger partial charge is 0.493 e. The Morgan fingerprint density at radius 1 is 1.26 bits per heavy atom. The van der Waals surface area contributed by atoms with Crippen molar-refractivity contribution in [3.05, 3.63) is 54.0 Å². The van der Waals surface area contributed by atoms with Crippen molar-refractivity contribution in [2.45, 2.75) is 24.8 Å². The number of nitrogens with one attached hydrogen (secondary N) is 1. The second kappa shape index (κ2) is 5.47. The summed E-state index contributed by atoms with van der Waals surface area (Å²) >= 11 is 0. The highest BCUT2D eigenvalue weighted by Gasteiger charge is 2.28. The molecular formula is C15H18N2O2. The Labute approximate surface area is 112 Å². The average Bonchev–Trinajstić information content (AvgIpc) is 2.97. The summed E-state index contributed by atoms with van der Waals surface area (Å²) in [7, 11) is 0. The molecular weight excluding hydrogens is 240 g/mol. The summed E-state index contributed by atoms with van der Waals surface area (Å²) in [6.07, 6.45) is 3.44. The number of fused-ring (bicyclic) bond motifs is 1. The number of hydrogen-bond donors (Lipinski definition) is 2. The summed E-state index contributed by atoms with van der Waals surface area (Å²) in [6, 6.07) is 12.2. The number of para-hydroxylation sites is 1. The van der Waals surface area contributed by atoms with Crippen LogP contribution in [0.3, 0.4) is 0 Å². The Morgan fingerprint density at radius 2 is 2.16 bits per heavy atom. The van der Waals surface area contributed by atoms with Gasteiger partial charge in [-0.25, -0.2) is 0 Å². The highest BCUT2D eigenvalue weighted by Crippen LogP contribution is 2.36. The van der Waals surface area contributed by atoms with Crippen molar-refractivity contribution >= 4 is 0 Å². The van der Waals surface area contributed by atoms with Gasteiger partial charge in [0, 0.05) is 18.4 Å². The van der Waals surface area contributed by atoms with Gasteiger partial charge in [0.25, 0.3) is 0 Å². The molecule has 1 aliphatic heterocycles. The van der Waals surface area contributed by atoms with Crippen LogP contribution in [0.4, 0.5) is 0 Å². The highest BCUT2D eigenvalue weighted by atomic mass is 16.5. The smallest absolute Gasteiger partial charge is 0.122 e. The van der Waals surface area contributed by atoms with E-state index >= 15 is 0 Å². The summed E-state index contributed by atoms with van der Waals surface area (Å²) in [6.45, 7) is 0.734. The first-order valence-corrected chi connectivity index (χ1v) is 6.58. The third-order valence-corrected chi connectivity index (χ3v) is 3.71. The summed E-state index contributed by atoms with van der Waals surface area (Å²) < 4.78 is 11.1. The Bertz CT molecular complexity index is 525. The molecule has 1 aliphatic rings. The average molecular weight is 258 g/mol. The molecule has 0 saturated carbocycles. The Balaban J connectivity index is 1.84. The minimum absolute atomic E-state index is 0.149. The van der Waals surface area contributed by atoms with E-state index in [4.69, 9.17) is 15.0 Å². The van der Waals surface area contributed by atoms with Crippen molar-refractivity contribution in [2.24, 2.45) is 5.84 Å². The van der Waals surface area contributed by atoms with Crippen molar-refractivity contribution in [3.63, 3.8) is 0 Å². The van der Waals surface area contributed by atoms with Crippen LogP contribution >= 0.6 is 0 Å². The van der Waals surface area contributed by atoms with Crippen molar-refractivity contribution < 1.29 is 9.15 Å². The summed E-state index contributed by atoms with van der Waals surface area (Å²) in [4.78, 5) is 0. The Kier molecular flexibility index (Phi) is 3.53. The van der Waals surface area contributed by atoms with E-state index in [1.165, 1.54) is 5.56 Å². The molecule has 0 radical (unpaired) electrons. The van der Waals surface area contributed by atoms with Crippen LogP contribution in [-0.4, -0.2) is 12.6 Å². The number of ether oxygens (including phenoxy) is 1. The van der Waals surface area contributed by atoms with Gasteiger partial charge in [-0.2, -0.15) is 0 Å². The zero-order chi connectivity index (χ0) is 13.1. The van der Waals surface area contributed by atoms with Gasteiger partial charge in [0.2, 0.25) is 0 Å². The molecule has 0 saturated heterocycles. The first kappa shape index (κ1) is 12.3. The molecule has 2 unspecified atom stereocenters.